The third-order valence-corrected chi connectivity index (χ3v) is 5.00. The molecule has 3 rings (SSSR count). The Bertz CT molecular complexity index is 531. The predicted octanol–water partition coefficient (Wildman–Crippen LogP) is 2.52. The first-order valence-electron chi connectivity index (χ1n) is 8.74. The van der Waals surface area contributed by atoms with Crippen LogP contribution in [0.5, 0.6) is 0 Å². The van der Waals surface area contributed by atoms with Gasteiger partial charge in [-0.3, -0.25) is 0 Å². The highest BCUT2D eigenvalue weighted by atomic mass is 16.6. The first-order chi connectivity index (χ1) is 11.1. The Labute approximate surface area is 137 Å². The van der Waals surface area contributed by atoms with E-state index in [1.165, 1.54) is 32.1 Å². The van der Waals surface area contributed by atoms with Crippen LogP contribution in [0, 0.1) is 12.8 Å². The molecule has 1 saturated heterocycles. The average Bonchev–Trinajstić information content (AvgIpc) is 2.92. The van der Waals surface area contributed by atoms with Crippen LogP contribution in [0.3, 0.4) is 0 Å². The number of amides is 1. The van der Waals surface area contributed by atoms with E-state index in [-0.39, 0.29) is 12.1 Å². The quantitative estimate of drug-likeness (QED) is 0.924. The third kappa shape index (κ3) is 3.95. The number of hydrogen-bond donors (Lipinski definition) is 1. The van der Waals surface area contributed by atoms with Crippen LogP contribution >= 0.6 is 0 Å². The Morgan fingerprint density at radius 2 is 1.91 bits per heavy atom. The van der Waals surface area contributed by atoms with E-state index < -0.39 is 0 Å². The van der Waals surface area contributed by atoms with E-state index in [0.29, 0.717) is 37.4 Å². The first kappa shape index (κ1) is 16.1. The molecule has 0 unspecified atom stereocenters. The molecule has 7 heteroatoms. The maximum atomic E-state index is 12.2. The van der Waals surface area contributed by atoms with Crippen LogP contribution in [-0.2, 0) is 4.74 Å². The third-order valence-electron chi connectivity index (χ3n) is 5.00. The molecule has 0 spiro atoms. The summed E-state index contributed by atoms with van der Waals surface area (Å²) in [6, 6.07) is 0.221. The lowest BCUT2D eigenvalue weighted by molar-refractivity contribution is 0.0693. The Morgan fingerprint density at radius 3 is 2.52 bits per heavy atom. The summed E-state index contributed by atoms with van der Waals surface area (Å²) in [5.41, 5.74) is 5.88. The average molecular weight is 321 g/mol. The number of aromatic nitrogens is 3. The molecule has 0 aromatic carbocycles. The highest BCUT2D eigenvalue weighted by molar-refractivity contribution is 5.67. The second kappa shape index (κ2) is 7.19. The van der Waals surface area contributed by atoms with Crippen LogP contribution in [0.25, 0.3) is 0 Å². The van der Waals surface area contributed by atoms with E-state index in [0.717, 1.165) is 12.8 Å². The van der Waals surface area contributed by atoms with Crippen LogP contribution in [-0.4, -0.2) is 45.5 Å². The number of piperidine rings is 1. The number of nitrogens with two attached hydrogens (primary N) is 1. The summed E-state index contributed by atoms with van der Waals surface area (Å²) in [7, 11) is 0. The molecule has 1 saturated carbocycles. The van der Waals surface area contributed by atoms with E-state index >= 15 is 0 Å². The molecule has 23 heavy (non-hydrogen) atoms. The summed E-state index contributed by atoms with van der Waals surface area (Å²) >= 11 is 0. The van der Waals surface area contributed by atoms with E-state index in [2.05, 4.69) is 10.1 Å². The van der Waals surface area contributed by atoms with Gasteiger partial charge in [0, 0.05) is 13.1 Å². The van der Waals surface area contributed by atoms with Crippen molar-refractivity contribution in [3.05, 3.63) is 5.82 Å². The summed E-state index contributed by atoms with van der Waals surface area (Å²) in [6.45, 7) is 3.79. The number of aryl methyl sites for hydroxylation is 1. The zero-order chi connectivity index (χ0) is 16.2. The van der Waals surface area contributed by atoms with E-state index in [9.17, 15) is 4.79 Å². The number of nitrogens with zero attached hydrogens (tertiary/aromatic N) is 4. The minimum absolute atomic E-state index is 0.170. The number of ether oxygens (including phenoxy) is 1. The molecular formula is C16H27N5O2. The van der Waals surface area contributed by atoms with Crippen molar-refractivity contribution in [1.82, 2.24) is 19.7 Å². The molecule has 7 nitrogen and oxygen atoms in total. The van der Waals surface area contributed by atoms with Gasteiger partial charge in [-0.05, 0) is 38.5 Å². The summed E-state index contributed by atoms with van der Waals surface area (Å²) in [4.78, 5) is 18.2. The number of hydrogen-bond acceptors (Lipinski definition) is 5. The van der Waals surface area contributed by atoms with Crippen molar-refractivity contribution in [2.45, 2.75) is 57.9 Å². The fraction of sp³-hybridized carbons (Fsp3) is 0.812. The van der Waals surface area contributed by atoms with Gasteiger partial charge in [0.15, 0.2) is 0 Å². The van der Waals surface area contributed by atoms with Crippen LogP contribution in [0.4, 0.5) is 10.7 Å². The number of anilines is 1. The maximum absolute atomic E-state index is 12.2. The predicted molar refractivity (Wildman–Crippen MR) is 86.9 cm³/mol. The standard InChI is InChI=1S/C16H27N5O2/c1-12-18-15(17)21(19-12)14-7-9-20(10-8-14)16(22)23-11-13-5-3-2-4-6-13/h13-14H,2-11H2,1H3,(H2,17,18,19). The van der Waals surface area contributed by atoms with Gasteiger partial charge in [-0.2, -0.15) is 10.1 Å². The highest BCUT2D eigenvalue weighted by Crippen LogP contribution is 2.26. The van der Waals surface area contributed by atoms with E-state index in [1.54, 1.807) is 9.58 Å². The van der Waals surface area contributed by atoms with Crippen molar-refractivity contribution >= 4 is 12.0 Å². The second-order valence-corrected chi connectivity index (χ2v) is 6.76. The molecule has 1 aromatic heterocycles. The van der Waals surface area contributed by atoms with E-state index in [1.807, 2.05) is 6.92 Å². The SMILES string of the molecule is Cc1nc(N)n(C2CCN(C(=O)OCC3CCCCC3)CC2)n1. The number of likely N-dealkylation sites (tertiary alicyclic amines) is 1. The molecule has 2 fully saturated rings. The molecule has 1 aromatic rings. The summed E-state index contributed by atoms with van der Waals surface area (Å²) in [6.07, 6.45) is 7.76. The van der Waals surface area contributed by atoms with Crippen LogP contribution < -0.4 is 5.73 Å². The van der Waals surface area contributed by atoms with Crippen molar-refractivity contribution in [2.24, 2.45) is 5.92 Å². The summed E-state index contributed by atoms with van der Waals surface area (Å²) in [5, 5.41) is 4.35. The Hall–Kier alpha value is -1.79. The molecule has 0 atom stereocenters. The van der Waals surface area contributed by atoms with Crippen molar-refractivity contribution in [3.8, 4) is 0 Å². The number of carbonyl (C=O) groups excluding carboxylic acids is 1. The van der Waals surface area contributed by atoms with Gasteiger partial charge in [0.2, 0.25) is 5.95 Å². The van der Waals surface area contributed by atoms with Crippen molar-refractivity contribution in [1.29, 1.82) is 0 Å². The highest BCUT2D eigenvalue weighted by Gasteiger charge is 2.27. The van der Waals surface area contributed by atoms with Crippen LogP contribution in [0.2, 0.25) is 0 Å². The maximum Gasteiger partial charge on any atom is 0.409 e. The lowest BCUT2D eigenvalue weighted by Gasteiger charge is -2.32. The zero-order valence-electron chi connectivity index (χ0n) is 13.9. The van der Waals surface area contributed by atoms with Crippen molar-refractivity contribution < 1.29 is 9.53 Å². The number of rotatable bonds is 3. The van der Waals surface area contributed by atoms with Gasteiger partial charge in [0.1, 0.15) is 5.82 Å². The van der Waals surface area contributed by atoms with Gasteiger partial charge in [-0.25, -0.2) is 9.48 Å². The van der Waals surface area contributed by atoms with Gasteiger partial charge < -0.3 is 15.4 Å². The fourth-order valence-electron chi connectivity index (χ4n) is 3.64. The smallest absolute Gasteiger partial charge is 0.409 e. The normalized spacial score (nSPS) is 20.7. The second-order valence-electron chi connectivity index (χ2n) is 6.76. The monoisotopic (exact) mass is 321 g/mol. The lowest BCUT2D eigenvalue weighted by atomic mass is 9.90. The summed E-state index contributed by atoms with van der Waals surface area (Å²) in [5.74, 6) is 1.71. The lowest BCUT2D eigenvalue weighted by Crippen LogP contribution is -2.40. The van der Waals surface area contributed by atoms with Crippen LogP contribution in [0.15, 0.2) is 0 Å². The number of carbonyl (C=O) groups is 1. The Balaban J connectivity index is 1.44. The molecule has 2 aliphatic rings. The molecule has 1 aliphatic heterocycles. The molecule has 1 amide bonds. The fourth-order valence-corrected chi connectivity index (χ4v) is 3.64. The van der Waals surface area contributed by atoms with Crippen molar-refractivity contribution in [2.75, 3.05) is 25.4 Å². The van der Waals surface area contributed by atoms with Gasteiger partial charge in [-0.15, -0.1) is 0 Å². The molecule has 0 radical (unpaired) electrons. The molecule has 0 bridgehead atoms. The minimum atomic E-state index is -0.170. The molecule has 1 aliphatic carbocycles. The Kier molecular flexibility index (Phi) is 5.03. The molecule has 2 N–H and O–H groups in total. The first-order valence-corrected chi connectivity index (χ1v) is 8.74. The number of nitrogen functional groups attached to an aromatic ring is 1. The Morgan fingerprint density at radius 1 is 1.22 bits per heavy atom. The van der Waals surface area contributed by atoms with Gasteiger partial charge in [0.05, 0.1) is 12.6 Å². The van der Waals surface area contributed by atoms with Gasteiger partial charge in [-0.1, -0.05) is 19.3 Å². The summed E-state index contributed by atoms with van der Waals surface area (Å²) < 4.78 is 7.31. The van der Waals surface area contributed by atoms with Gasteiger partial charge in [0.25, 0.3) is 0 Å². The molecule has 128 valence electrons. The van der Waals surface area contributed by atoms with Crippen LogP contribution in [0.1, 0.15) is 56.8 Å². The largest absolute Gasteiger partial charge is 0.449 e. The van der Waals surface area contributed by atoms with E-state index in [4.69, 9.17) is 10.5 Å². The van der Waals surface area contributed by atoms with Gasteiger partial charge >= 0.3 is 6.09 Å². The minimum Gasteiger partial charge on any atom is -0.449 e. The molecule has 2 heterocycles. The topological polar surface area (TPSA) is 86.3 Å². The van der Waals surface area contributed by atoms with Crippen molar-refractivity contribution in [3.63, 3.8) is 0 Å². The zero-order valence-corrected chi connectivity index (χ0v) is 13.9. The molecular weight excluding hydrogens is 294 g/mol.